The van der Waals surface area contributed by atoms with E-state index < -0.39 is 0 Å². The lowest BCUT2D eigenvalue weighted by molar-refractivity contribution is -0.123. The van der Waals surface area contributed by atoms with Gasteiger partial charge in [0.2, 0.25) is 5.91 Å². The first-order valence-corrected chi connectivity index (χ1v) is 9.13. The molecule has 0 saturated heterocycles. The van der Waals surface area contributed by atoms with Gasteiger partial charge in [-0.2, -0.15) is 0 Å². The molecule has 138 valence electrons. The molecular weight excluding hydrogens is 381 g/mol. The van der Waals surface area contributed by atoms with Crippen LogP contribution in [0.5, 0.6) is 0 Å². The Bertz CT molecular complexity index is 694. The van der Waals surface area contributed by atoms with Crippen LogP contribution in [0.3, 0.4) is 0 Å². The van der Waals surface area contributed by atoms with Crippen LogP contribution in [0, 0.1) is 0 Å². The van der Waals surface area contributed by atoms with Crippen molar-refractivity contribution >= 4 is 42.1 Å². The molecule has 3 heterocycles. The Morgan fingerprint density at radius 3 is 2.96 bits per heavy atom. The summed E-state index contributed by atoms with van der Waals surface area (Å²) in [5.74, 6) is -0.000584. The molecule has 0 saturated carbocycles. The van der Waals surface area contributed by atoms with Gasteiger partial charge in [-0.3, -0.25) is 4.79 Å². The first kappa shape index (κ1) is 20.2. The molecule has 0 fully saturated rings. The SMILES string of the molecule is Cl.Cl.O=C(NCCc1nc2c(s1)CCCC2)C1NCCc2[nH]cnc21. The molecule has 2 aromatic heterocycles. The molecule has 3 N–H and O–H groups in total. The molecule has 0 spiro atoms. The van der Waals surface area contributed by atoms with E-state index in [1.165, 1.54) is 29.8 Å². The maximum Gasteiger partial charge on any atom is 0.243 e. The highest BCUT2D eigenvalue weighted by molar-refractivity contribution is 7.11. The molecule has 2 aromatic rings. The third-order valence-corrected chi connectivity index (χ3v) is 5.76. The summed E-state index contributed by atoms with van der Waals surface area (Å²) in [7, 11) is 0. The van der Waals surface area contributed by atoms with Crippen molar-refractivity contribution in [2.24, 2.45) is 0 Å². The van der Waals surface area contributed by atoms with Crippen molar-refractivity contribution in [2.75, 3.05) is 13.1 Å². The summed E-state index contributed by atoms with van der Waals surface area (Å²) in [5.41, 5.74) is 3.19. The average Bonchev–Trinajstić information content (AvgIpc) is 3.20. The highest BCUT2D eigenvalue weighted by Gasteiger charge is 2.28. The van der Waals surface area contributed by atoms with Crippen LogP contribution in [0.2, 0.25) is 0 Å². The maximum absolute atomic E-state index is 12.4. The van der Waals surface area contributed by atoms with Gasteiger partial charge in [-0.05, 0) is 25.7 Å². The van der Waals surface area contributed by atoms with Gasteiger partial charge in [0, 0.05) is 36.5 Å². The molecule has 2 aliphatic rings. The largest absolute Gasteiger partial charge is 0.354 e. The number of nitrogens with one attached hydrogen (secondary N) is 3. The summed E-state index contributed by atoms with van der Waals surface area (Å²) in [6.45, 7) is 1.43. The molecule has 1 unspecified atom stereocenters. The van der Waals surface area contributed by atoms with Gasteiger partial charge in [-0.25, -0.2) is 9.97 Å². The number of aromatic nitrogens is 3. The van der Waals surface area contributed by atoms with Crippen molar-refractivity contribution in [3.63, 3.8) is 0 Å². The summed E-state index contributed by atoms with van der Waals surface area (Å²) >= 11 is 1.82. The van der Waals surface area contributed by atoms with E-state index in [0.29, 0.717) is 6.54 Å². The second kappa shape index (κ2) is 8.98. The summed E-state index contributed by atoms with van der Waals surface area (Å²) in [6.07, 6.45) is 8.20. The Kier molecular flexibility index (Phi) is 7.25. The number of nitrogens with zero attached hydrogens (tertiary/aromatic N) is 2. The summed E-state index contributed by atoms with van der Waals surface area (Å²) in [6, 6.07) is -0.338. The summed E-state index contributed by atoms with van der Waals surface area (Å²) in [5, 5.41) is 7.41. The number of aromatic amines is 1. The molecule has 0 aromatic carbocycles. The predicted molar refractivity (Wildman–Crippen MR) is 103 cm³/mol. The first-order chi connectivity index (χ1) is 11.3. The van der Waals surface area contributed by atoms with Crippen LogP contribution in [0.1, 0.15) is 45.9 Å². The zero-order valence-corrected chi connectivity index (χ0v) is 16.3. The number of fused-ring (bicyclic) bond motifs is 2. The zero-order chi connectivity index (χ0) is 15.6. The predicted octanol–water partition coefficient (Wildman–Crippen LogP) is 2.13. The molecule has 9 heteroatoms. The van der Waals surface area contributed by atoms with E-state index >= 15 is 0 Å². The van der Waals surface area contributed by atoms with Crippen molar-refractivity contribution in [1.29, 1.82) is 0 Å². The fourth-order valence-corrected chi connectivity index (χ4v) is 4.50. The number of imidazole rings is 1. The molecular formula is C16H23Cl2N5OS. The molecule has 6 nitrogen and oxygen atoms in total. The molecule has 25 heavy (non-hydrogen) atoms. The fourth-order valence-electron chi connectivity index (χ4n) is 3.34. The Labute approximate surface area is 163 Å². The zero-order valence-electron chi connectivity index (χ0n) is 13.8. The van der Waals surface area contributed by atoms with Crippen LogP contribution in [-0.4, -0.2) is 33.9 Å². The van der Waals surface area contributed by atoms with Gasteiger partial charge >= 0.3 is 0 Å². The molecule has 1 atom stereocenters. The number of carbonyl (C=O) groups excluding carboxylic acids is 1. The van der Waals surface area contributed by atoms with Gasteiger partial charge in [-0.1, -0.05) is 0 Å². The number of aryl methyl sites for hydroxylation is 2. The number of hydrogen-bond acceptors (Lipinski definition) is 5. The van der Waals surface area contributed by atoms with Crippen molar-refractivity contribution in [1.82, 2.24) is 25.6 Å². The van der Waals surface area contributed by atoms with Gasteiger partial charge in [0.05, 0.1) is 22.7 Å². The topological polar surface area (TPSA) is 82.7 Å². The van der Waals surface area contributed by atoms with Gasteiger partial charge in [0.1, 0.15) is 6.04 Å². The Hall–Kier alpha value is -1.15. The quantitative estimate of drug-likeness (QED) is 0.729. The van der Waals surface area contributed by atoms with E-state index in [-0.39, 0.29) is 36.8 Å². The fraction of sp³-hybridized carbons (Fsp3) is 0.562. The number of H-pyrrole nitrogens is 1. The lowest BCUT2D eigenvalue weighted by Gasteiger charge is -2.22. The van der Waals surface area contributed by atoms with Crippen LogP contribution in [-0.2, 0) is 30.5 Å². The number of thiazole rings is 1. The van der Waals surface area contributed by atoms with Gasteiger partial charge < -0.3 is 15.6 Å². The minimum absolute atomic E-state index is 0. The highest BCUT2D eigenvalue weighted by atomic mass is 35.5. The maximum atomic E-state index is 12.4. The van der Waals surface area contributed by atoms with Gasteiger partial charge in [0.25, 0.3) is 0 Å². The van der Waals surface area contributed by atoms with E-state index in [1.54, 1.807) is 6.33 Å². The van der Waals surface area contributed by atoms with E-state index in [1.807, 2.05) is 11.3 Å². The molecule has 4 rings (SSSR count). The number of carbonyl (C=O) groups is 1. The average molecular weight is 404 g/mol. The highest BCUT2D eigenvalue weighted by Crippen LogP contribution is 2.26. The summed E-state index contributed by atoms with van der Waals surface area (Å²) in [4.78, 5) is 26.0. The number of rotatable bonds is 4. The van der Waals surface area contributed by atoms with Crippen LogP contribution >= 0.6 is 36.2 Å². The molecule has 0 radical (unpaired) electrons. The van der Waals surface area contributed by atoms with Crippen molar-refractivity contribution in [2.45, 2.75) is 44.6 Å². The van der Waals surface area contributed by atoms with Gasteiger partial charge in [-0.15, -0.1) is 36.2 Å². The second-order valence-corrected chi connectivity index (χ2v) is 7.30. The third kappa shape index (κ3) is 4.34. The normalized spacial score (nSPS) is 18.3. The lowest BCUT2D eigenvalue weighted by atomic mass is 10.0. The third-order valence-electron chi connectivity index (χ3n) is 4.54. The Balaban J connectivity index is 0.00000113. The van der Waals surface area contributed by atoms with E-state index in [2.05, 4.69) is 20.6 Å². The van der Waals surface area contributed by atoms with Crippen LogP contribution in [0.15, 0.2) is 6.33 Å². The number of hydrogen-bond donors (Lipinski definition) is 3. The molecule has 0 bridgehead atoms. The second-order valence-electron chi connectivity index (χ2n) is 6.13. The van der Waals surface area contributed by atoms with Gasteiger partial charge in [0.15, 0.2) is 0 Å². The Morgan fingerprint density at radius 2 is 2.12 bits per heavy atom. The van der Waals surface area contributed by atoms with Crippen LogP contribution < -0.4 is 10.6 Å². The molecule has 1 aliphatic heterocycles. The smallest absolute Gasteiger partial charge is 0.243 e. The van der Waals surface area contributed by atoms with E-state index in [9.17, 15) is 4.79 Å². The van der Waals surface area contributed by atoms with Crippen LogP contribution in [0.4, 0.5) is 0 Å². The van der Waals surface area contributed by atoms with Crippen molar-refractivity contribution in [3.05, 3.63) is 33.3 Å². The minimum Gasteiger partial charge on any atom is -0.354 e. The lowest BCUT2D eigenvalue weighted by Crippen LogP contribution is -2.42. The summed E-state index contributed by atoms with van der Waals surface area (Å²) < 4.78 is 0. The first-order valence-electron chi connectivity index (χ1n) is 8.32. The van der Waals surface area contributed by atoms with E-state index in [0.717, 1.165) is 42.2 Å². The van der Waals surface area contributed by atoms with Crippen LogP contribution in [0.25, 0.3) is 0 Å². The van der Waals surface area contributed by atoms with E-state index in [4.69, 9.17) is 4.98 Å². The van der Waals surface area contributed by atoms with Crippen molar-refractivity contribution < 1.29 is 4.79 Å². The Morgan fingerprint density at radius 1 is 1.28 bits per heavy atom. The standard InChI is InChI=1S/C16H21N5OS.2ClH/c22-16(15-14-11(5-7-17-15)19-9-20-14)18-8-6-13-21-10-3-1-2-4-12(10)23-13;;/h9,15,17H,1-8H2,(H,18,22)(H,19,20);2*1H. The number of halogens is 2. The molecule has 1 amide bonds. The molecule has 1 aliphatic carbocycles. The minimum atomic E-state index is -0.338. The van der Waals surface area contributed by atoms with Crippen molar-refractivity contribution in [3.8, 4) is 0 Å². The number of amides is 1. The monoisotopic (exact) mass is 403 g/mol.